The van der Waals surface area contributed by atoms with Crippen LogP contribution >= 0.6 is 23.2 Å². The van der Waals surface area contributed by atoms with Crippen molar-refractivity contribution in [2.75, 3.05) is 10.8 Å². The van der Waals surface area contributed by atoms with Gasteiger partial charge in [0.15, 0.2) is 0 Å². The molecule has 0 aliphatic heterocycles. The molecule has 1 N–H and O–H groups in total. The van der Waals surface area contributed by atoms with E-state index in [0.717, 1.165) is 28.6 Å². The summed E-state index contributed by atoms with van der Waals surface area (Å²) in [5.74, 6) is -1.57. The van der Waals surface area contributed by atoms with E-state index in [1.54, 1.807) is 55.5 Å². The largest absolute Gasteiger partial charge is 0.352 e. The molecule has 3 rings (SSSR count). The SMILES string of the molecule is CCC(C(=O)NC(C)C)N(Cc1ccc(Cl)c(Cl)c1)C(=O)CN(c1ccccc1)S(=O)(=O)c1ccc(F)cc1. The Morgan fingerprint density at radius 1 is 0.949 bits per heavy atom. The number of carbonyl (C=O) groups excluding carboxylic acids is 2. The maximum Gasteiger partial charge on any atom is 0.264 e. The molecular weight excluding hydrogens is 564 g/mol. The van der Waals surface area contributed by atoms with Crippen LogP contribution in [0.15, 0.2) is 77.7 Å². The lowest BCUT2D eigenvalue weighted by Gasteiger charge is -2.33. The molecule has 7 nitrogen and oxygen atoms in total. The van der Waals surface area contributed by atoms with E-state index >= 15 is 0 Å². The zero-order valence-electron chi connectivity index (χ0n) is 21.8. The Balaban J connectivity index is 2.05. The summed E-state index contributed by atoms with van der Waals surface area (Å²) >= 11 is 12.3. The first-order valence-electron chi connectivity index (χ1n) is 12.3. The fourth-order valence-electron chi connectivity index (χ4n) is 3.99. The maximum atomic E-state index is 13.9. The lowest BCUT2D eigenvalue weighted by Crippen LogP contribution is -2.53. The minimum atomic E-state index is -4.28. The molecule has 2 amide bonds. The number of carbonyl (C=O) groups is 2. The monoisotopic (exact) mass is 593 g/mol. The van der Waals surface area contributed by atoms with Crippen molar-refractivity contribution in [1.29, 1.82) is 0 Å². The first kappa shape index (κ1) is 30.4. The van der Waals surface area contributed by atoms with Gasteiger partial charge in [0, 0.05) is 12.6 Å². The number of benzene rings is 3. The van der Waals surface area contributed by atoms with Gasteiger partial charge in [0.1, 0.15) is 18.4 Å². The maximum absolute atomic E-state index is 13.9. The van der Waals surface area contributed by atoms with Crippen molar-refractivity contribution in [2.24, 2.45) is 0 Å². The van der Waals surface area contributed by atoms with E-state index < -0.39 is 34.3 Å². The second kappa shape index (κ2) is 13.3. The van der Waals surface area contributed by atoms with Crippen LogP contribution in [0.25, 0.3) is 0 Å². The van der Waals surface area contributed by atoms with Gasteiger partial charge in [-0.1, -0.05) is 54.4 Å². The smallest absolute Gasteiger partial charge is 0.264 e. The van der Waals surface area contributed by atoms with E-state index in [1.807, 2.05) is 13.8 Å². The van der Waals surface area contributed by atoms with Gasteiger partial charge in [-0.3, -0.25) is 13.9 Å². The number of para-hydroxylation sites is 1. The minimum Gasteiger partial charge on any atom is -0.352 e. The van der Waals surface area contributed by atoms with E-state index in [4.69, 9.17) is 23.2 Å². The molecule has 0 aromatic heterocycles. The Hall–Kier alpha value is -3.14. The zero-order chi connectivity index (χ0) is 28.7. The first-order chi connectivity index (χ1) is 18.4. The van der Waals surface area contributed by atoms with Gasteiger partial charge in [-0.15, -0.1) is 0 Å². The summed E-state index contributed by atoms with van der Waals surface area (Å²) in [6.07, 6.45) is 0.279. The fourth-order valence-corrected chi connectivity index (χ4v) is 5.73. The highest BCUT2D eigenvalue weighted by molar-refractivity contribution is 7.92. The highest BCUT2D eigenvalue weighted by atomic mass is 35.5. The van der Waals surface area contributed by atoms with Crippen molar-refractivity contribution < 1.29 is 22.4 Å². The molecule has 11 heteroatoms. The molecule has 0 aliphatic rings. The second-order valence-electron chi connectivity index (χ2n) is 9.16. The molecule has 3 aromatic rings. The highest BCUT2D eigenvalue weighted by Gasteiger charge is 2.33. The molecule has 0 fully saturated rings. The van der Waals surface area contributed by atoms with Crippen LogP contribution in [0, 0.1) is 5.82 Å². The Labute approximate surface area is 238 Å². The average molecular weight is 595 g/mol. The van der Waals surface area contributed by atoms with Gasteiger partial charge in [-0.25, -0.2) is 12.8 Å². The van der Waals surface area contributed by atoms with Gasteiger partial charge in [0.2, 0.25) is 11.8 Å². The number of rotatable bonds is 11. The van der Waals surface area contributed by atoms with Gasteiger partial charge in [0.25, 0.3) is 10.0 Å². The van der Waals surface area contributed by atoms with Crippen LogP contribution in [0.2, 0.25) is 10.0 Å². The number of anilines is 1. The molecule has 0 saturated carbocycles. The van der Waals surface area contributed by atoms with Crippen molar-refractivity contribution in [2.45, 2.75) is 50.7 Å². The van der Waals surface area contributed by atoms with E-state index in [9.17, 15) is 22.4 Å². The van der Waals surface area contributed by atoms with Crippen LogP contribution in [-0.2, 0) is 26.2 Å². The molecule has 39 heavy (non-hydrogen) atoms. The standard InChI is InChI=1S/C28H30Cl2FN3O4S/c1-4-26(28(36)32-19(2)3)33(17-20-10-15-24(29)25(30)16-20)27(35)18-34(22-8-6-5-7-9-22)39(37,38)23-13-11-21(31)12-14-23/h5-16,19,26H,4,17-18H2,1-3H3,(H,32,36). The summed E-state index contributed by atoms with van der Waals surface area (Å²) < 4.78 is 41.9. The molecule has 0 heterocycles. The molecule has 0 saturated heterocycles. The lowest BCUT2D eigenvalue weighted by atomic mass is 10.1. The number of nitrogens with zero attached hydrogens (tertiary/aromatic N) is 2. The third-order valence-corrected chi connectivity index (χ3v) is 8.41. The molecule has 0 radical (unpaired) electrons. The minimum absolute atomic E-state index is 0.0149. The van der Waals surface area contributed by atoms with E-state index in [-0.39, 0.29) is 40.5 Å². The van der Waals surface area contributed by atoms with Crippen LogP contribution in [0.5, 0.6) is 0 Å². The molecular formula is C28H30Cl2FN3O4S. The second-order valence-corrected chi connectivity index (χ2v) is 11.8. The Morgan fingerprint density at radius 3 is 2.15 bits per heavy atom. The van der Waals surface area contributed by atoms with Crippen molar-refractivity contribution in [3.05, 3.63) is 94.2 Å². The number of hydrogen-bond donors (Lipinski definition) is 1. The Morgan fingerprint density at radius 2 is 1.59 bits per heavy atom. The summed E-state index contributed by atoms with van der Waals surface area (Å²) in [6.45, 7) is 4.77. The summed E-state index contributed by atoms with van der Waals surface area (Å²) in [6, 6.07) is 16.3. The Kier molecular flexibility index (Phi) is 10.4. The summed E-state index contributed by atoms with van der Waals surface area (Å²) in [5, 5.41) is 3.45. The normalized spacial score (nSPS) is 12.2. The first-order valence-corrected chi connectivity index (χ1v) is 14.5. The van der Waals surface area contributed by atoms with Crippen LogP contribution in [-0.4, -0.2) is 43.8 Å². The molecule has 1 unspecified atom stereocenters. The fraction of sp³-hybridized carbons (Fsp3) is 0.286. The number of nitrogens with one attached hydrogen (secondary N) is 1. The van der Waals surface area contributed by atoms with Gasteiger partial charge in [-0.2, -0.15) is 0 Å². The van der Waals surface area contributed by atoms with Gasteiger partial charge < -0.3 is 10.2 Å². The van der Waals surface area contributed by atoms with Crippen LogP contribution in [0.4, 0.5) is 10.1 Å². The average Bonchev–Trinajstić information content (AvgIpc) is 2.89. The quantitative estimate of drug-likeness (QED) is 0.311. The van der Waals surface area contributed by atoms with Crippen molar-refractivity contribution in [1.82, 2.24) is 10.2 Å². The predicted molar refractivity (Wildman–Crippen MR) is 152 cm³/mol. The number of hydrogen-bond acceptors (Lipinski definition) is 4. The lowest BCUT2D eigenvalue weighted by molar-refractivity contribution is -0.140. The number of sulfonamides is 1. The summed E-state index contributed by atoms with van der Waals surface area (Å²) in [7, 11) is -4.28. The molecule has 0 spiro atoms. The zero-order valence-corrected chi connectivity index (χ0v) is 24.1. The summed E-state index contributed by atoms with van der Waals surface area (Å²) in [4.78, 5) is 28.2. The van der Waals surface area contributed by atoms with Crippen molar-refractivity contribution >= 4 is 50.7 Å². The van der Waals surface area contributed by atoms with Crippen LogP contribution < -0.4 is 9.62 Å². The number of amides is 2. The van der Waals surface area contributed by atoms with Crippen molar-refractivity contribution in [3.8, 4) is 0 Å². The van der Waals surface area contributed by atoms with E-state index in [1.165, 1.54) is 4.90 Å². The molecule has 3 aromatic carbocycles. The summed E-state index contributed by atoms with van der Waals surface area (Å²) in [5.41, 5.74) is 0.852. The Bertz CT molecular complexity index is 1400. The highest BCUT2D eigenvalue weighted by Crippen LogP contribution is 2.26. The van der Waals surface area contributed by atoms with Crippen LogP contribution in [0.1, 0.15) is 32.8 Å². The molecule has 208 valence electrons. The molecule has 0 aliphatic carbocycles. The van der Waals surface area contributed by atoms with E-state index in [0.29, 0.717) is 10.6 Å². The van der Waals surface area contributed by atoms with Crippen molar-refractivity contribution in [3.63, 3.8) is 0 Å². The van der Waals surface area contributed by atoms with Crippen LogP contribution in [0.3, 0.4) is 0 Å². The molecule has 1 atom stereocenters. The third kappa shape index (κ3) is 7.71. The predicted octanol–water partition coefficient (Wildman–Crippen LogP) is 5.66. The topological polar surface area (TPSA) is 86.8 Å². The van der Waals surface area contributed by atoms with Gasteiger partial charge in [0.05, 0.1) is 20.6 Å². The third-order valence-electron chi connectivity index (χ3n) is 5.88. The molecule has 0 bridgehead atoms. The van der Waals surface area contributed by atoms with Gasteiger partial charge >= 0.3 is 0 Å². The van der Waals surface area contributed by atoms with Gasteiger partial charge in [-0.05, 0) is 74.4 Å². The van der Waals surface area contributed by atoms with E-state index in [2.05, 4.69) is 5.32 Å². The number of halogens is 3.